The smallest absolute Gasteiger partial charge is 0.262 e. The van der Waals surface area contributed by atoms with Gasteiger partial charge >= 0.3 is 0 Å². The van der Waals surface area contributed by atoms with Crippen molar-refractivity contribution in [2.75, 3.05) is 18.5 Å². The predicted molar refractivity (Wildman–Crippen MR) is 96.3 cm³/mol. The van der Waals surface area contributed by atoms with Gasteiger partial charge < -0.3 is 19.3 Å². The molecule has 1 aliphatic heterocycles. The lowest BCUT2D eigenvalue weighted by Crippen LogP contribution is -2.20. The molecule has 0 spiro atoms. The van der Waals surface area contributed by atoms with Gasteiger partial charge in [-0.25, -0.2) is 0 Å². The number of hydrogen-bond donors (Lipinski definition) is 1. The minimum Gasteiger partial charge on any atom is -0.484 e. The van der Waals surface area contributed by atoms with Gasteiger partial charge in [-0.15, -0.1) is 11.3 Å². The number of benzene rings is 1. The van der Waals surface area contributed by atoms with Crippen molar-refractivity contribution in [3.05, 3.63) is 46.6 Å². The Morgan fingerprint density at radius 3 is 2.96 bits per heavy atom. The first-order valence-corrected chi connectivity index (χ1v) is 9.03. The van der Waals surface area contributed by atoms with Crippen LogP contribution in [0.4, 0.5) is 5.00 Å². The van der Waals surface area contributed by atoms with Crippen LogP contribution in [0, 0.1) is 6.92 Å². The highest BCUT2D eigenvalue weighted by Crippen LogP contribution is 2.42. The van der Waals surface area contributed by atoms with Gasteiger partial charge in [0.2, 0.25) is 0 Å². The molecule has 0 saturated heterocycles. The van der Waals surface area contributed by atoms with E-state index in [2.05, 4.69) is 15.5 Å². The fraction of sp³-hybridized carbons (Fsp3) is 0.278. The number of hydrogen-bond acceptors (Lipinski definition) is 7. The zero-order valence-corrected chi connectivity index (χ0v) is 15.0. The number of carbonyl (C=O) groups is 1. The molecule has 2 aromatic heterocycles. The van der Waals surface area contributed by atoms with Crippen LogP contribution in [0.3, 0.4) is 0 Å². The molecule has 7 nitrogen and oxygen atoms in total. The molecular weight excluding hydrogens is 354 g/mol. The van der Waals surface area contributed by atoms with E-state index in [1.807, 2.05) is 18.2 Å². The number of nitrogens with zero attached hydrogens (tertiary/aromatic N) is 2. The van der Waals surface area contributed by atoms with E-state index in [1.54, 1.807) is 19.1 Å². The van der Waals surface area contributed by atoms with Crippen LogP contribution in [0.1, 0.15) is 16.3 Å². The lowest BCUT2D eigenvalue weighted by Gasteiger charge is -2.12. The molecule has 134 valence electrons. The largest absolute Gasteiger partial charge is 0.484 e. The molecule has 1 aromatic carbocycles. The molecule has 4 rings (SSSR count). The van der Waals surface area contributed by atoms with Crippen LogP contribution in [-0.2, 0) is 22.6 Å². The maximum atomic E-state index is 12.4. The zero-order chi connectivity index (χ0) is 17.9. The summed E-state index contributed by atoms with van der Waals surface area (Å²) in [6, 6.07) is 9.22. The molecule has 0 unspecified atom stereocenters. The molecule has 0 bridgehead atoms. The summed E-state index contributed by atoms with van der Waals surface area (Å²) in [5, 5.41) is 7.47. The van der Waals surface area contributed by atoms with Crippen molar-refractivity contribution in [1.82, 2.24) is 10.1 Å². The summed E-state index contributed by atoms with van der Waals surface area (Å²) >= 11 is 1.48. The molecule has 3 heterocycles. The van der Waals surface area contributed by atoms with Gasteiger partial charge in [0.1, 0.15) is 10.8 Å². The number of nitrogens with one attached hydrogen (secondary N) is 1. The highest BCUT2D eigenvalue weighted by Gasteiger charge is 2.26. The first kappa shape index (κ1) is 16.7. The number of ether oxygens (including phenoxy) is 2. The number of carbonyl (C=O) groups excluding carboxylic acids is 1. The van der Waals surface area contributed by atoms with Crippen molar-refractivity contribution < 1.29 is 18.8 Å². The number of anilines is 1. The maximum Gasteiger partial charge on any atom is 0.262 e. The Bertz CT molecular complexity index is 920. The van der Waals surface area contributed by atoms with Crippen LogP contribution in [0.2, 0.25) is 0 Å². The SMILES string of the molecule is Cc1noc(-c2c(NC(=O)COc3ccccc3)sc3c2CCOC3)n1. The highest BCUT2D eigenvalue weighted by molar-refractivity contribution is 7.17. The van der Waals surface area contributed by atoms with Gasteiger partial charge in [-0.3, -0.25) is 4.79 Å². The van der Waals surface area contributed by atoms with Crippen LogP contribution < -0.4 is 10.1 Å². The molecule has 8 heteroatoms. The summed E-state index contributed by atoms with van der Waals surface area (Å²) in [5.74, 6) is 1.37. The van der Waals surface area contributed by atoms with Crippen LogP contribution in [0.15, 0.2) is 34.9 Å². The maximum absolute atomic E-state index is 12.4. The Morgan fingerprint density at radius 2 is 2.19 bits per heavy atom. The number of para-hydroxylation sites is 1. The molecule has 0 radical (unpaired) electrons. The van der Waals surface area contributed by atoms with E-state index < -0.39 is 0 Å². The summed E-state index contributed by atoms with van der Waals surface area (Å²) in [5.41, 5.74) is 1.89. The van der Waals surface area contributed by atoms with Crippen LogP contribution in [0.25, 0.3) is 11.5 Å². The standard InChI is InChI=1S/C18H17N3O4S/c1-11-19-17(25-21-11)16-13-7-8-23-9-14(13)26-18(16)20-15(22)10-24-12-5-3-2-4-6-12/h2-6H,7-10H2,1H3,(H,20,22). The monoisotopic (exact) mass is 371 g/mol. The minimum atomic E-state index is -0.245. The molecule has 0 saturated carbocycles. The third-order valence-corrected chi connectivity index (χ3v) is 5.05. The molecule has 26 heavy (non-hydrogen) atoms. The lowest BCUT2D eigenvalue weighted by atomic mass is 10.1. The Morgan fingerprint density at radius 1 is 1.35 bits per heavy atom. The summed E-state index contributed by atoms with van der Waals surface area (Å²) in [6.07, 6.45) is 0.749. The summed E-state index contributed by atoms with van der Waals surface area (Å²) in [6.45, 7) is 2.84. The third kappa shape index (κ3) is 3.47. The molecule has 3 aromatic rings. The number of fused-ring (bicyclic) bond motifs is 1. The average molecular weight is 371 g/mol. The molecule has 0 aliphatic carbocycles. The summed E-state index contributed by atoms with van der Waals surface area (Å²) in [7, 11) is 0. The van der Waals surface area contributed by atoms with Gasteiger partial charge in [0.25, 0.3) is 11.8 Å². The molecule has 1 N–H and O–H groups in total. The predicted octanol–water partition coefficient (Wildman–Crippen LogP) is 3.20. The second kappa shape index (κ2) is 7.27. The van der Waals surface area contributed by atoms with Crippen LogP contribution in [-0.4, -0.2) is 29.3 Å². The summed E-state index contributed by atoms with van der Waals surface area (Å²) in [4.78, 5) is 17.8. The summed E-state index contributed by atoms with van der Waals surface area (Å²) < 4.78 is 16.4. The highest BCUT2D eigenvalue weighted by atomic mass is 32.1. The topological polar surface area (TPSA) is 86.5 Å². The van der Waals surface area contributed by atoms with Gasteiger partial charge in [0.15, 0.2) is 12.4 Å². The van der Waals surface area contributed by atoms with E-state index >= 15 is 0 Å². The van der Waals surface area contributed by atoms with E-state index in [-0.39, 0.29) is 12.5 Å². The van der Waals surface area contributed by atoms with Crippen molar-refractivity contribution in [1.29, 1.82) is 0 Å². The van der Waals surface area contributed by atoms with Gasteiger partial charge in [0.05, 0.1) is 18.8 Å². The van der Waals surface area contributed by atoms with Crippen LogP contribution in [0.5, 0.6) is 5.75 Å². The fourth-order valence-electron chi connectivity index (χ4n) is 2.77. The van der Waals surface area contributed by atoms with Crippen molar-refractivity contribution >= 4 is 22.2 Å². The van der Waals surface area contributed by atoms with Gasteiger partial charge in [0, 0.05) is 4.88 Å². The molecule has 0 fully saturated rings. The number of amides is 1. The van der Waals surface area contributed by atoms with Crippen molar-refractivity contribution in [2.45, 2.75) is 20.0 Å². The van der Waals surface area contributed by atoms with Gasteiger partial charge in [-0.1, -0.05) is 23.4 Å². The average Bonchev–Trinajstić information content (AvgIpc) is 3.23. The normalized spacial score (nSPS) is 13.3. The Balaban J connectivity index is 1.56. The number of rotatable bonds is 5. The third-order valence-electron chi connectivity index (χ3n) is 3.93. The van der Waals surface area contributed by atoms with E-state index in [4.69, 9.17) is 14.0 Å². The van der Waals surface area contributed by atoms with Crippen molar-refractivity contribution in [2.24, 2.45) is 0 Å². The Labute approximate surface area is 153 Å². The second-order valence-corrected chi connectivity index (χ2v) is 6.91. The van der Waals surface area contributed by atoms with E-state index in [0.29, 0.717) is 35.7 Å². The van der Waals surface area contributed by atoms with E-state index in [9.17, 15) is 4.79 Å². The van der Waals surface area contributed by atoms with E-state index in [1.165, 1.54) is 11.3 Å². The van der Waals surface area contributed by atoms with Gasteiger partial charge in [-0.05, 0) is 31.0 Å². The lowest BCUT2D eigenvalue weighted by molar-refractivity contribution is -0.118. The van der Waals surface area contributed by atoms with E-state index in [0.717, 1.165) is 22.4 Å². The zero-order valence-electron chi connectivity index (χ0n) is 14.2. The molecule has 1 aliphatic rings. The number of aryl methyl sites for hydroxylation is 1. The second-order valence-electron chi connectivity index (χ2n) is 5.81. The first-order valence-electron chi connectivity index (χ1n) is 8.21. The first-order chi connectivity index (χ1) is 12.7. The molecule has 1 amide bonds. The quantitative estimate of drug-likeness (QED) is 0.741. The molecule has 0 atom stereocenters. The Kier molecular flexibility index (Phi) is 4.68. The van der Waals surface area contributed by atoms with Crippen molar-refractivity contribution in [3.63, 3.8) is 0 Å². The van der Waals surface area contributed by atoms with Crippen molar-refractivity contribution in [3.8, 4) is 17.2 Å². The van der Waals surface area contributed by atoms with Crippen LogP contribution >= 0.6 is 11.3 Å². The Hall–Kier alpha value is -2.71. The van der Waals surface area contributed by atoms with Gasteiger partial charge in [-0.2, -0.15) is 4.98 Å². The molecular formula is C18H17N3O4S. The minimum absolute atomic E-state index is 0.0780. The fourth-order valence-corrected chi connectivity index (χ4v) is 3.97. The number of thiophene rings is 1. The number of aromatic nitrogens is 2.